The molecule has 0 aromatic heterocycles. The second-order valence-corrected chi connectivity index (χ2v) is 5.04. The summed E-state index contributed by atoms with van der Waals surface area (Å²) in [6, 6.07) is 7.26. The van der Waals surface area contributed by atoms with Crippen molar-refractivity contribution in [2.24, 2.45) is 0 Å². The van der Waals surface area contributed by atoms with Crippen molar-refractivity contribution in [3.05, 3.63) is 29.3 Å². The Morgan fingerprint density at radius 2 is 2.00 bits per heavy atom. The first-order chi connectivity index (χ1) is 8.24. The van der Waals surface area contributed by atoms with Gasteiger partial charge in [-0.05, 0) is 37.0 Å². The lowest BCUT2D eigenvalue weighted by atomic mass is 10.1. The summed E-state index contributed by atoms with van der Waals surface area (Å²) < 4.78 is 5.25. The van der Waals surface area contributed by atoms with Gasteiger partial charge in [-0.2, -0.15) is 0 Å². The highest BCUT2D eigenvalue weighted by Crippen LogP contribution is 2.30. The van der Waals surface area contributed by atoms with E-state index in [-0.39, 0.29) is 0 Å². The van der Waals surface area contributed by atoms with Crippen LogP contribution in [0.25, 0.3) is 0 Å². The predicted octanol–water partition coefficient (Wildman–Crippen LogP) is 3.52. The Morgan fingerprint density at radius 1 is 1.29 bits per heavy atom. The highest BCUT2D eigenvalue weighted by atomic mass is 16.5. The van der Waals surface area contributed by atoms with Crippen LogP contribution in [0.2, 0.25) is 0 Å². The minimum Gasteiger partial charge on any atom is -0.380 e. The van der Waals surface area contributed by atoms with Crippen molar-refractivity contribution in [1.82, 2.24) is 0 Å². The molecule has 94 valence electrons. The number of hydrogen-bond acceptors (Lipinski definition) is 2. The monoisotopic (exact) mass is 233 g/mol. The van der Waals surface area contributed by atoms with Gasteiger partial charge < -0.3 is 9.64 Å². The molecule has 0 amide bonds. The van der Waals surface area contributed by atoms with Crippen molar-refractivity contribution < 1.29 is 4.74 Å². The molecule has 0 N–H and O–H groups in total. The Labute approximate surface area is 105 Å². The number of hydrogen-bond donors (Lipinski definition) is 0. The van der Waals surface area contributed by atoms with Gasteiger partial charge in [-0.25, -0.2) is 0 Å². The molecule has 1 aliphatic carbocycles. The molecule has 1 aliphatic rings. The Bertz CT molecular complexity index is 369. The van der Waals surface area contributed by atoms with E-state index in [1.807, 2.05) is 0 Å². The lowest BCUT2D eigenvalue weighted by Gasteiger charge is -2.29. The maximum absolute atomic E-state index is 5.25. The maximum Gasteiger partial charge on any atom is 0.0716 e. The minimum absolute atomic E-state index is 0.707. The molecule has 0 heterocycles. The largest absolute Gasteiger partial charge is 0.380 e. The van der Waals surface area contributed by atoms with Crippen LogP contribution in [0.4, 0.5) is 5.69 Å². The molecule has 2 rings (SSSR count). The lowest BCUT2D eigenvalue weighted by molar-refractivity contribution is 0.184. The number of anilines is 1. The third-order valence-electron chi connectivity index (χ3n) is 3.97. The van der Waals surface area contributed by atoms with E-state index in [9.17, 15) is 0 Å². The number of benzene rings is 1. The topological polar surface area (TPSA) is 12.5 Å². The van der Waals surface area contributed by atoms with Crippen LogP contribution in [0.5, 0.6) is 0 Å². The molecule has 1 saturated carbocycles. The van der Waals surface area contributed by atoms with Crippen molar-refractivity contribution in [3.8, 4) is 0 Å². The Morgan fingerprint density at radius 3 is 2.65 bits per heavy atom. The van der Waals surface area contributed by atoms with Gasteiger partial charge in [0.15, 0.2) is 0 Å². The van der Waals surface area contributed by atoms with Crippen molar-refractivity contribution in [3.63, 3.8) is 0 Å². The standard InChI is InChI=1S/C15H23NO/c1-12-13(11-17-3)7-6-10-15(12)16(2)14-8-4-5-9-14/h6-7,10,14H,4-5,8-9,11H2,1-3H3. The summed E-state index contributed by atoms with van der Waals surface area (Å²) >= 11 is 0. The molecule has 0 unspecified atom stereocenters. The molecular weight excluding hydrogens is 210 g/mol. The van der Waals surface area contributed by atoms with Gasteiger partial charge in [0.2, 0.25) is 0 Å². The van der Waals surface area contributed by atoms with E-state index in [0.717, 1.165) is 6.04 Å². The smallest absolute Gasteiger partial charge is 0.0716 e. The zero-order valence-electron chi connectivity index (χ0n) is 11.2. The summed E-state index contributed by atoms with van der Waals surface area (Å²) in [5.41, 5.74) is 4.03. The SMILES string of the molecule is COCc1cccc(N(C)C2CCCC2)c1C. The van der Waals surface area contributed by atoms with Crippen molar-refractivity contribution in [2.45, 2.75) is 45.3 Å². The van der Waals surface area contributed by atoms with Crippen molar-refractivity contribution in [1.29, 1.82) is 0 Å². The average Bonchev–Trinajstić information content (AvgIpc) is 2.85. The molecule has 2 nitrogen and oxygen atoms in total. The normalized spacial score (nSPS) is 16.4. The van der Waals surface area contributed by atoms with E-state index in [1.54, 1.807) is 7.11 Å². The Balaban J connectivity index is 2.21. The number of ether oxygens (including phenoxy) is 1. The molecule has 17 heavy (non-hydrogen) atoms. The zero-order valence-corrected chi connectivity index (χ0v) is 11.2. The number of nitrogens with zero attached hydrogens (tertiary/aromatic N) is 1. The lowest BCUT2D eigenvalue weighted by Crippen LogP contribution is -2.29. The number of methoxy groups -OCH3 is 1. The Kier molecular flexibility index (Phi) is 4.06. The fraction of sp³-hybridized carbons (Fsp3) is 0.600. The average molecular weight is 233 g/mol. The van der Waals surface area contributed by atoms with Crippen molar-refractivity contribution >= 4 is 5.69 Å². The van der Waals surface area contributed by atoms with Gasteiger partial charge in [0, 0.05) is 25.9 Å². The Hall–Kier alpha value is -1.02. The summed E-state index contributed by atoms with van der Waals surface area (Å²) in [7, 11) is 3.99. The van der Waals surface area contributed by atoms with E-state index in [0.29, 0.717) is 6.61 Å². The van der Waals surface area contributed by atoms with Crippen molar-refractivity contribution in [2.75, 3.05) is 19.1 Å². The molecule has 0 aliphatic heterocycles. The first-order valence-electron chi connectivity index (χ1n) is 6.54. The molecule has 1 aromatic rings. The van der Waals surface area contributed by atoms with E-state index >= 15 is 0 Å². The molecule has 0 radical (unpaired) electrons. The first-order valence-corrected chi connectivity index (χ1v) is 6.54. The molecule has 1 fully saturated rings. The van der Waals surface area contributed by atoms with Gasteiger partial charge in [-0.3, -0.25) is 0 Å². The number of rotatable bonds is 4. The second kappa shape index (κ2) is 5.54. The summed E-state index contributed by atoms with van der Waals surface area (Å²) in [5, 5.41) is 0. The van der Waals surface area contributed by atoms with Crippen LogP contribution in [0.15, 0.2) is 18.2 Å². The van der Waals surface area contributed by atoms with Crippen LogP contribution in [0.3, 0.4) is 0 Å². The molecule has 0 bridgehead atoms. The fourth-order valence-electron chi connectivity index (χ4n) is 2.85. The van der Waals surface area contributed by atoms with Gasteiger partial charge in [0.25, 0.3) is 0 Å². The van der Waals surface area contributed by atoms with Crippen LogP contribution in [-0.2, 0) is 11.3 Å². The van der Waals surface area contributed by atoms with Crippen LogP contribution in [0, 0.1) is 6.92 Å². The minimum atomic E-state index is 0.707. The highest BCUT2D eigenvalue weighted by Gasteiger charge is 2.21. The summed E-state index contributed by atoms with van der Waals surface area (Å²) in [5.74, 6) is 0. The van der Waals surface area contributed by atoms with Crippen LogP contribution < -0.4 is 4.90 Å². The van der Waals surface area contributed by atoms with Gasteiger partial charge in [-0.1, -0.05) is 25.0 Å². The maximum atomic E-state index is 5.25. The molecule has 0 saturated heterocycles. The predicted molar refractivity (Wildman–Crippen MR) is 72.6 cm³/mol. The van der Waals surface area contributed by atoms with Gasteiger partial charge in [-0.15, -0.1) is 0 Å². The van der Waals surface area contributed by atoms with Crippen LogP contribution in [0.1, 0.15) is 36.8 Å². The third kappa shape index (κ3) is 2.63. The highest BCUT2D eigenvalue weighted by molar-refractivity contribution is 5.56. The molecule has 2 heteroatoms. The molecular formula is C15H23NO. The zero-order chi connectivity index (χ0) is 12.3. The van der Waals surface area contributed by atoms with Gasteiger partial charge in [0.05, 0.1) is 6.61 Å². The van der Waals surface area contributed by atoms with Crippen LogP contribution >= 0.6 is 0 Å². The first kappa shape index (κ1) is 12.4. The fourth-order valence-corrected chi connectivity index (χ4v) is 2.85. The van der Waals surface area contributed by atoms with Gasteiger partial charge in [0.1, 0.15) is 0 Å². The molecule has 0 atom stereocenters. The summed E-state index contributed by atoms with van der Waals surface area (Å²) in [6.45, 7) is 2.91. The van der Waals surface area contributed by atoms with Crippen LogP contribution in [-0.4, -0.2) is 20.2 Å². The van der Waals surface area contributed by atoms with E-state index < -0.39 is 0 Å². The van der Waals surface area contributed by atoms with Gasteiger partial charge >= 0.3 is 0 Å². The summed E-state index contributed by atoms with van der Waals surface area (Å²) in [6.07, 6.45) is 5.44. The second-order valence-electron chi connectivity index (χ2n) is 5.04. The molecule has 1 aromatic carbocycles. The van der Waals surface area contributed by atoms with E-state index in [4.69, 9.17) is 4.74 Å². The summed E-state index contributed by atoms with van der Waals surface area (Å²) in [4.78, 5) is 2.46. The molecule has 0 spiro atoms. The van der Waals surface area contributed by atoms with E-state index in [1.165, 1.54) is 42.5 Å². The quantitative estimate of drug-likeness (QED) is 0.789. The van der Waals surface area contributed by atoms with E-state index in [2.05, 4.69) is 37.1 Å². The third-order valence-corrected chi connectivity index (χ3v) is 3.97.